The summed E-state index contributed by atoms with van der Waals surface area (Å²) in [5.74, 6) is -1.32. The first kappa shape index (κ1) is 26.2. The summed E-state index contributed by atoms with van der Waals surface area (Å²) in [6.07, 6.45) is 1.24. The Balaban J connectivity index is 1.62. The normalized spacial score (nSPS) is 36.1. The number of rotatable bonds is 9. The lowest BCUT2D eigenvalue weighted by Crippen LogP contribution is -2.57. The molecule has 4 rings (SSSR count). The molecule has 4 fully saturated rings. The smallest absolute Gasteiger partial charge is 0.244 e. The van der Waals surface area contributed by atoms with Crippen molar-refractivity contribution in [3.8, 4) is 0 Å². The fraction of sp³-hybridized carbons (Fsp3) is 0.870. The molecule has 4 heterocycles. The van der Waals surface area contributed by atoms with Gasteiger partial charge in [-0.15, -0.1) is 11.8 Å². The van der Waals surface area contributed by atoms with Gasteiger partial charge in [0.2, 0.25) is 17.7 Å². The van der Waals surface area contributed by atoms with Gasteiger partial charge in [-0.25, -0.2) is 0 Å². The number of ether oxygens (including phenoxy) is 1. The maximum Gasteiger partial charge on any atom is 0.244 e. The summed E-state index contributed by atoms with van der Waals surface area (Å²) in [4.78, 5) is 44.5. The number of likely N-dealkylation sites (tertiary alicyclic amines) is 1. The largest absolute Gasteiger partial charge is 0.394 e. The SMILES string of the molecule is CNC(=O)[C@H]1[C@@H]2SC3(CC2Br)C(C(=O)NCCN2CCOCC2)N([C@@H](CO)CC(C)C)C(=O)[C@H]13. The summed E-state index contributed by atoms with van der Waals surface area (Å²) in [5, 5.41) is 16.0. The van der Waals surface area contributed by atoms with Gasteiger partial charge in [-0.05, 0) is 18.8 Å². The Morgan fingerprint density at radius 1 is 1.29 bits per heavy atom. The van der Waals surface area contributed by atoms with Crippen LogP contribution in [0, 0.1) is 17.8 Å². The van der Waals surface area contributed by atoms with E-state index in [9.17, 15) is 19.5 Å². The summed E-state index contributed by atoms with van der Waals surface area (Å²) >= 11 is 5.37. The van der Waals surface area contributed by atoms with Crippen LogP contribution in [0.5, 0.6) is 0 Å². The number of amides is 3. The number of fused-ring (bicyclic) bond motifs is 1. The van der Waals surface area contributed by atoms with E-state index in [4.69, 9.17) is 4.74 Å². The number of aliphatic hydroxyl groups is 1. The molecule has 0 aliphatic carbocycles. The fourth-order valence-corrected chi connectivity index (χ4v) is 9.91. The van der Waals surface area contributed by atoms with E-state index in [0.717, 1.165) is 19.6 Å². The van der Waals surface area contributed by atoms with Crippen LogP contribution in [-0.2, 0) is 19.1 Å². The number of aliphatic hydroxyl groups excluding tert-OH is 1. The summed E-state index contributed by atoms with van der Waals surface area (Å²) in [5.41, 5.74) is 0. The van der Waals surface area contributed by atoms with Crippen LogP contribution in [-0.4, -0.2) is 113 Å². The van der Waals surface area contributed by atoms with Crippen LogP contribution in [0.4, 0.5) is 0 Å². The number of morpholine rings is 1. The third-order valence-corrected chi connectivity index (χ3v) is 10.9. The quantitative estimate of drug-likeness (QED) is 0.342. The van der Waals surface area contributed by atoms with E-state index >= 15 is 0 Å². The molecule has 0 aromatic carbocycles. The number of carbonyl (C=O) groups is 3. The Labute approximate surface area is 214 Å². The van der Waals surface area contributed by atoms with Gasteiger partial charge in [-0.1, -0.05) is 29.8 Å². The average Bonchev–Trinajstić information content (AvgIpc) is 3.41. The Morgan fingerprint density at radius 3 is 2.62 bits per heavy atom. The number of nitrogens with zero attached hydrogens (tertiary/aromatic N) is 2. The van der Waals surface area contributed by atoms with Gasteiger partial charge in [0.15, 0.2) is 0 Å². The Hall–Kier alpha value is -0.880. The molecule has 7 atom stereocenters. The van der Waals surface area contributed by atoms with Crippen LogP contribution in [0.25, 0.3) is 0 Å². The van der Waals surface area contributed by atoms with E-state index < -0.39 is 28.7 Å². The zero-order valence-corrected chi connectivity index (χ0v) is 22.6. The highest BCUT2D eigenvalue weighted by Crippen LogP contribution is 2.68. The molecular formula is C23H37BrN4O5S. The van der Waals surface area contributed by atoms with E-state index in [-0.39, 0.29) is 40.3 Å². The number of alkyl halides is 1. The second kappa shape index (κ2) is 10.6. The van der Waals surface area contributed by atoms with Crippen molar-refractivity contribution in [2.45, 2.75) is 53.6 Å². The van der Waals surface area contributed by atoms with Crippen molar-refractivity contribution in [3.05, 3.63) is 0 Å². The maximum atomic E-state index is 13.9. The minimum Gasteiger partial charge on any atom is -0.394 e. The maximum absolute atomic E-state index is 13.9. The summed E-state index contributed by atoms with van der Waals surface area (Å²) in [6, 6.07) is -1.17. The monoisotopic (exact) mass is 560 g/mol. The molecular weight excluding hydrogens is 524 g/mol. The molecule has 4 aliphatic heterocycles. The molecule has 11 heteroatoms. The molecule has 2 bridgehead atoms. The molecule has 3 amide bonds. The van der Waals surface area contributed by atoms with Crippen LogP contribution in [0.15, 0.2) is 0 Å². The van der Waals surface area contributed by atoms with Crippen molar-refractivity contribution in [1.29, 1.82) is 0 Å². The van der Waals surface area contributed by atoms with Gasteiger partial charge in [-0.2, -0.15) is 0 Å². The first-order chi connectivity index (χ1) is 16.2. The van der Waals surface area contributed by atoms with Crippen LogP contribution >= 0.6 is 27.7 Å². The van der Waals surface area contributed by atoms with E-state index in [1.54, 1.807) is 23.7 Å². The van der Waals surface area contributed by atoms with Gasteiger partial charge in [0.1, 0.15) is 6.04 Å². The molecule has 34 heavy (non-hydrogen) atoms. The molecule has 9 nitrogen and oxygen atoms in total. The number of halogens is 1. The van der Waals surface area contributed by atoms with Crippen LogP contribution in [0.1, 0.15) is 26.7 Å². The standard InChI is InChI=1S/C23H37BrN4O5S/c1-13(2)10-14(12-29)28-19(21(31)26-4-5-27-6-8-33-9-7-27)23-11-15(24)18(34-23)16(20(30)25-3)17(23)22(28)32/h13-19,29H,4-12H2,1-3H3,(H,25,30)(H,26,31)/t14-,15?,16-,17+,18-,19?,23?/m1/s1. The number of thioether (sulfide) groups is 1. The van der Waals surface area contributed by atoms with Gasteiger partial charge in [0, 0.05) is 43.3 Å². The van der Waals surface area contributed by atoms with E-state index in [1.807, 2.05) is 13.8 Å². The van der Waals surface area contributed by atoms with Crippen LogP contribution in [0.2, 0.25) is 0 Å². The average molecular weight is 562 g/mol. The van der Waals surface area contributed by atoms with Crippen molar-refractivity contribution >= 4 is 45.4 Å². The Bertz CT molecular complexity index is 797. The van der Waals surface area contributed by atoms with E-state index in [0.29, 0.717) is 32.6 Å². The van der Waals surface area contributed by atoms with Crippen molar-refractivity contribution in [3.63, 3.8) is 0 Å². The van der Waals surface area contributed by atoms with Gasteiger partial charge >= 0.3 is 0 Å². The lowest BCUT2D eigenvalue weighted by atomic mass is 9.70. The van der Waals surface area contributed by atoms with Gasteiger partial charge in [-0.3, -0.25) is 19.3 Å². The molecule has 4 saturated heterocycles. The third kappa shape index (κ3) is 4.51. The highest BCUT2D eigenvalue weighted by molar-refractivity contribution is 9.09. The minimum atomic E-state index is -0.713. The molecule has 0 radical (unpaired) electrons. The van der Waals surface area contributed by atoms with Crippen molar-refractivity contribution < 1.29 is 24.2 Å². The van der Waals surface area contributed by atoms with Crippen LogP contribution < -0.4 is 10.6 Å². The predicted molar refractivity (Wildman–Crippen MR) is 134 cm³/mol. The lowest BCUT2D eigenvalue weighted by Gasteiger charge is -2.38. The number of hydrogen-bond acceptors (Lipinski definition) is 7. The molecule has 1 spiro atoms. The topological polar surface area (TPSA) is 111 Å². The number of carbonyl (C=O) groups excluding carboxylic acids is 3. The first-order valence-corrected chi connectivity index (χ1v) is 14.1. The zero-order valence-electron chi connectivity index (χ0n) is 20.2. The highest BCUT2D eigenvalue weighted by Gasteiger charge is 2.76. The molecule has 3 N–H and O–H groups in total. The zero-order chi connectivity index (χ0) is 24.6. The van der Waals surface area contributed by atoms with E-state index in [2.05, 4.69) is 31.5 Å². The van der Waals surface area contributed by atoms with Crippen molar-refractivity contribution in [2.75, 3.05) is 53.0 Å². The highest BCUT2D eigenvalue weighted by atomic mass is 79.9. The second-order valence-corrected chi connectivity index (χ2v) is 13.0. The van der Waals surface area contributed by atoms with E-state index in [1.165, 1.54) is 0 Å². The molecule has 0 saturated carbocycles. The Kier molecular flexibility index (Phi) is 8.18. The molecule has 192 valence electrons. The van der Waals surface area contributed by atoms with Crippen LogP contribution in [0.3, 0.4) is 0 Å². The molecule has 3 unspecified atom stereocenters. The van der Waals surface area contributed by atoms with Gasteiger partial charge in [0.25, 0.3) is 0 Å². The van der Waals surface area contributed by atoms with Gasteiger partial charge < -0.3 is 25.4 Å². The summed E-state index contributed by atoms with van der Waals surface area (Å²) in [6.45, 7) is 8.16. The fourth-order valence-electron chi connectivity index (χ4n) is 6.31. The second-order valence-electron chi connectivity index (χ2n) is 10.2. The lowest BCUT2D eigenvalue weighted by molar-refractivity contribution is -0.143. The number of nitrogens with one attached hydrogen (secondary N) is 2. The summed E-state index contributed by atoms with van der Waals surface area (Å²) < 4.78 is 4.72. The predicted octanol–water partition coefficient (Wildman–Crippen LogP) is 0.0524. The molecule has 4 aliphatic rings. The minimum absolute atomic E-state index is 0.0464. The molecule has 0 aromatic heterocycles. The Morgan fingerprint density at radius 2 is 2.00 bits per heavy atom. The number of hydrogen-bond donors (Lipinski definition) is 3. The van der Waals surface area contributed by atoms with Crippen molar-refractivity contribution in [2.24, 2.45) is 17.8 Å². The molecule has 0 aromatic rings. The summed E-state index contributed by atoms with van der Waals surface area (Å²) in [7, 11) is 1.59. The first-order valence-electron chi connectivity index (χ1n) is 12.3. The van der Waals surface area contributed by atoms with Gasteiger partial charge in [0.05, 0.1) is 42.4 Å². The third-order valence-electron chi connectivity index (χ3n) is 7.70. The van der Waals surface area contributed by atoms with Crippen molar-refractivity contribution in [1.82, 2.24) is 20.4 Å².